The highest BCUT2D eigenvalue weighted by molar-refractivity contribution is 6.46. The highest BCUT2D eigenvalue weighted by Crippen LogP contribution is 2.40. The Morgan fingerprint density at radius 3 is 2.59 bits per heavy atom. The van der Waals surface area contributed by atoms with Gasteiger partial charge in [-0.25, -0.2) is 0 Å². The van der Waals surface area contributed by atoms with Crippen LogP contribution in [0.2, 0.25) is 5.02 Å². The molecule has 0 aliphatic carbocycles. The quantitative estimate of drug-likeness (QED) is 0.265. The van der Waals surface area contributed by atoms with Crippen molar-refractivity contribution in [1.82, 2.24) is 9.80 Å². The van der Waals surface area contributed by atoms with Crippen molar-refractivity contribution in [2.24, 2.45) is 0 Å². The van der Waals surface area contributed by atoms with Crippen LogP contribution in [0.25, 0.3) is 5.76 Å². The average molecular weight is 455 g/mol. The standard InChI is InChI=1S/C25H27ClN2O4/c1-4-15-32-20-8-5-7-18(16-20)22-21(23(29)17-9-11-19(26)12-10-17)24(30)25(31)28(22)14-6-13-27(2)3/h4-5,7-12,16,22,29H,1,6,13-15H2,2-3H3/t22-/m1/s1. The average Bonchev–Trinajstić information content (AvgIpc) is 3.02. The van der Waals surface area contributed by atoms with E-state index in [2.05, 4.69) is 6.58 Å². The Labute approximate surface area is 193 Å². The number of nitrogens with zero attached hydrogens (tertiary/aromatic N) is 2. The van der Waals surface area contributed by atoms with Gasteiger partial charge in [0.05, 0.1) is 11.6 Å². The van der Waals surface area contributed by atoms with Crippen molar-refractivity contribution in [3.63, 3.8) is 0 Å². The van der Waals surface area contributed by atoms with E-state index in [9.17, 15) is 14.7 Å². The third-order valence-corrected chi connectivity index (χ3v) is 5.46. The van der Waals surface area contributed by atoms with E-state index in [4.69, 9.17) is 16.3 Å². The van der Waals surface area contributed by atoms with Crippen LogP contribution in [0.4, 0.5) is 0 Å². The van der Waals surface area contributed by atoms with E-state index < -0.39 is 17.7 Å². The Morgan fingerprint density at radius 2 is 1.94 bits per heavy atom. The molecule has 1 amide bonds. The maximum atomic E-state index is 13.0. The van der Waals surface area contributed by atoms with Gasteiger partial charge >= 0.3 is 0 Å². The topological polar surface area (TPSA) is 70.1 Å². The van der Waals surface area contributed by atoms with Gasteiger partial charge in [-0.05, 0) is 69.0 Å². The lowest BCUT2D eigenvalue weighted by Crippen LogP contribution is -2.32. The minimum atomic E-state index is -0.722. The van der Waals surface area contributed by atoms with Crippen LogP contribution in [0.3, 0.4) is 0 Å². The number of likely N-dealkylation sites (tertiary alicyclic amines) is 1. The van der Waals surface area contributed by atoms with E-state index in [0.29, 0.717) is 41.5 Å². The van der Waals surface area contributed by atoms with Crippen molar-refractivity contribution in [1.29, 1.82) is 0 Å². The lowest BCUT2D eigenvalue weighted by Gasteiger charge is -2.26. The van der Waals surface area contributed by atoms with Gasteiger partial charge in [0.15, 0.2) is 0 Å². The number of Topliss-reactive ketones (excluding diaryl/α,β-unsaturated/α-hetero) is 1. The van der Waals surface area contributed by atoms with Gasteiger partial charge in [-0.1, -0.05) is 36.4 Å². The first-order valence-corrected chi connectivity index (χ1v) is 10.7. The zero-order valence-electron chi connectivity index (χ0n) is 18.3. The number of halogens is 1. The fourth-order valence-corrected chi connectivity index (χ4v) is 3.83. The first-order chi connectivity index (χ1) is 15.3. The van der Waals surface area contributed by atoms with Gasteiger partial charge in [-0.15, -0.1) is 0 Å². The normalized spacial score (nSPS) is 17.8. The van der Waals surface area contributed by atoms with Crippen molar-refractivity contribution in [2.45, 2.75) is 12.5 Å². The number of ketones is 1. The monoisotopic (exact) mass is 454 g/mol. The summed E-state index contributed by atoms with van der Waals surface area (Å²) in [5, 5.41) is 11.6. The van der Waals surface area contributed by atoms with Crippen LogP contribution in [-0.4, -0.2) is 60.4 Å². The van der Waals surface area contributed by atoms with Gasteiger partial charge in [0, 0.05) is 17.1 Å². The number of hydrogen-bond acceptors (Lipinski definition) is 5. The lowest BCUT2D eigenvalue weighted by atomic mass is 9.95. The van der Waals surface area contributed by atoms with Crippen LogP contribution in [-0.2, 0) is 9.59 Å². The van der Waals surface area contributed by atoms with E-state index >= 15 is 0 Å². The Morgan fingerprint density at radius 1 is 1.22 bits per heavy atom. The molecule has 0 radical (unpaired) electrons. The predicted molar refractivity (Wildman–Crippen MR) is 126 cm³/mol. The van der Waals surface area contributed by atoms with E-state index in [1.54, 1.807) is 48.5 Å². The highest BCUT2D eigenvalue weighted by atomic mass is 35.5. The smallest absolute Gasteiger partial charge is 0.295 e. The second-order valence-electron chi connectivity index (χ2n) is 7.83. The van der Waals surface area contributed by atoms with E-state index in [-0.39, 0.29) is 11.3 Å². The number of carbonyl (C=O) groups is 2. The second-order valence-corrected chi connectivity index (χ2v) is 8.26. The summed E-state index contributed by atoms with van der Waals surface area (Å²) in [4.78, 5) is 29.6. The summed E-state index contributed by atoms with van der Waals surface area (Å²) in [5.74, 6) is -0.961. The first kappa shape index (κ1) is 23.6. The van der Waals surface area contributed by atoms with Crippen LogP contribution in [0.15, 0.2) is 66.8 Å². The molecule has 1 atom stereocenters. The first-order valence-electron chi connectivity index (χ1n) is 10.4. The molecule has 6 nitrogen and oxygen atoms in total. The highest BCUT2D eigenvalue weighted by Gasteiger charge is 2.45. The molecule has 1 saturated heterocycles. The van der Waals surface area contributed by atoms with Gasteiger partial charge in [0.25, 0.3) is 11.7 Å². The number of carbonyl (C=O) groups excluding carboxylic acids is 2. The lowest BCUT2D eigenvalue weighted by molar-refractivity contribution is -0.139. The summed E-state index contributed by atoms with van der Waals surface area (Å²) >= 11 is 5.97. The number of ether oxygens (including phenoxy) is 1. The summed E-state index contributed by atoms with van der Waals surface area (Å²) < 4.78 is 5.64. The minimum Gasteiger partial charge on any atom is -0.507 e. The molecular formula is C25H27ClN2O4. The van der Waals surface area contributed by atoms with Crippen molar-refractivity contribution in [3.8, 4) is 5.75 Å². The Hall–Kier alpha value is -3.09. The van der Waals surface area contributed by atoms with Crippen molar-refractivity contribution in [3.05, 3.63) is 82.9 Å². The van der Waals surface area contributed by atoms with Gasteiger partial charge in [0.2, 0.25) is 0 Å². The van der Waals surface area contributed by atoms with Crippen LogP contribution in [0, 0.1) is 0 Å². The van der Waals surface area contributed by atoms with E-state index in [1.165, 1.54) is 4.90 Å². The SMILES string of the molecule is C=CCOc1cccc([C@@H]2C(=C(O)c3ccc(Cl)cc3)C(=O)C(=O)N2CCCN(C)C)c1. The summed E-state index contributed by atoms with van der Waals surface area (Å²) in [6.45, 7) is 5.12. The van der Waals surface area contributed by atoms with Crippen molar-refractivity contribution < 1.29 is 19.4 Å². The van der Waals surface area contributed by atoms with Gasteiger partial charge in [-0.3, -0.25) is 9.59 Å². The molecule has 2 aromatic carbocycles. The molecule has 2 aromatic rings. The molecular weight excluding hydrogens is 428 g/mol. The summed E-state index contributed by atoms with van der Waals surface area (Å²) in [6.07, 6.45) is 2.32. The second kappa shape index (κ2) is 10.5. The maximum absolute atomic E-state index is 13.0. The van der Waals surface area contributed by atoms with Gasteiger partial charge in [-0.2, -0.15) is 0 Å². The molecule has 1 heterocycles. The predicted octanol–water partition coefficient (Wildman–Crippen LogP) is 4.28. The molecule has 168 valence electrons. The molecule has 32 heavy (non-hydrogen) atoms. The molecule has 7 heteroatoms. The number of hydrogen-bond donors (Lipinski definition) is 1. The maximum Gasteiger partial charge on any atom is 0.295 e. The molecule has 0 saturated carbocycles. The number of aliphatic hydroxyl groups is 1. The van der Waals surface area contributed by atoms with Crippen LogP contribution < -0.4 is 4.74 Å². The van der Waals surface area contributed by atoms with Crippen LogP contribution in [0.1, 0.15) is 23.6 Å². The summed E-state index contributed by atoms with van der Waals surface area (Å²) in [5.41, 5.74) is 1.17. The van der Waals surface area contributed by atoms with Gasteiger partial charge in [0.1, 0.15) is 18.1 Å². The minimum absolute atomic E-state index is 0.0584. The fourth-order valence-electron chi connectivity index (χ4n) is 3.71. The zero-order valence-corrected chi connectivity index (χ0v) is 19.0. The molecule has 0 spiro atoms. The molecule has 1 aliphatic heterocycles. The molecule has 1 N–H and O–H groups in total. The Kier molecular flexibility index (Phi) is 7.72. The Bertz CT molecular complexity index is 1030. The zero-order chi connectivity index (χ0) is 23.3. The van der Waals surface area contributed by atoms with Crippen molar-refractivity contribution in [2.75, 3.05) is 33.8 Å². The summed E-state index contributed by atoms with van der Waals surface area (Å²) in [6, 6.07) is 13.0. The third-order valence-electron chi connectivity index (χ3n) is 5.20. The number of rotatable bonds is 9. The molecule has 0 unspecified atom stereocenters. The Balaban J connectivity index is 2.08. The fraction of sp³-hybridized carbons (Fsp3) is 0.280. The largest absolute Gasteiger partial charge is 0.507 e. The number of amides is 1. The van der Waals surface area contributed by atoms with E-state index in [0.717, 1.165) is 6.54 Å². The molecule has 3 rings (SSSR count). The third kappa shape index (κ3) is 5.21. The number of benzene rings is 2. The molecule has 1 aliphatic rings. The van der Waals surface area contributed by atoms with Gasteiger partial charge < -0.3 is 19.6 Å². The number of aliphatic hydroxyl groups excluding tert-OH is 1. The molecule has 0 bridgehead atoms. The van der Waals surface area contributed by atoms with Crippen molar-refractivity contribution >= 4 is 29.1 Å². The van der Waals surface area contributed by atoms with Crippen LogP contribution >= 0.6 is 11.6 Å². The van der Waals surface area contributed by atoms with E-state index in [1.807, 2.05) is 25.1 Å². The molecule has 1 fully saturated rings. The molecule has 0 aromatic heterocycles. The summed E-state index contributed by atoms with van der Waals surface area (Å²) in [7, 11) is 3.90. The van der Waals surface area contributed by atoms with Crippen LogP contribution in [0.5, 0.6) is 5.75 Å².